The molecule has 1 aliphatic rings. The Morgan fingerprint density at radius 1 is 1.06 bits per heavy atom. The number of benzene rings is 2. The summed E-state index contributed by atoms with van der Waals surface area (Å²) >= 11 is 19.0. The molecule has 1 aliphatic heterocycles. The van der Waals surface area contributed by atoms with Gasteiger partial charge in [0, 0.05) is 33.1 Å². The van der Waals surface area contributed by atoms with E-state index in [9.17, 15) is 4.79 Å². The molecule has 0 spiro atoms. The lowest BCUT2D eigenvalue weighted by atomic mass is 9.95. The molecule has 0 aliphatic carbocycles. The summed E-state index contributed by atoms with van der Waals surface area (Å²) in [4.78, 5) is 22.2. The molecule has 4 aromatic rings. The molecular formula is C24H17Cl3N6O. The zero-order valence-corrected chi connectivity index (χ0v) is 20.0. The highest BCUT2D eigenvalue weighted by atomic mass is 35.5. The number of carbonyl (C=O) groups excluding carboxylic acids is 1. The van der Waals surface area contributed by atoms with Gasteiger partial charge in [0.25, 0.3) is 5.91 Å². The fraction of sp³-hybridized carbons (Fsp3) is 0.0833. The largest absolute Gasteiger partial charge is 0.328 e. The van der Waals surface area contributed by atoms with Crippen molar-refractivity contribution in [2.24, 2.45) is 0 Å². The highest BCUT2D eigenvalue weighted by molar-refractivity contribution is 6.36. The average Bonchev–Trinajstić information content (AvgIpc) is 3.22. The fourth-order valence-electron chi connectivity index (χ4n) is 3.85. The summed E-state index contributed by atoms with van der Waals surface area (Å²) in [5, 5.41) is 12.3. The molecule has 5 rings (SSSR count). The summed E-state index contributed by atoms with van der Waals surface area (Å²) in [6.07, 6.45) is 3.22. The topological polar surface area (TPSA) is 84.7 Å². The van der Waals surface area contributed by atoms with Gasteiger partial charge in [-0.2, -0.15) is 4.98 Å². The number of carbonyl (C=O) groups is 1. The first kappa shape index (κ1) is 22.4. The van der Waals surface area contributed by atoms with Crippen molar-refractivity contribution in [3.05, 3.63) is 98.9 Å². The number of halogens is 3. The van der Waals surface area contributed by atoms with Gasteiger partial charge in [0.1, 0.15) is 6.04 Å². The van der Waals surface area contributed by atoms with E-state index in [0.29, 0.717) is 54.9 Å². The van der Waals surface area contributed by atoms with Crippen molar-refractivity contribution >= 4 is 52.3 Å². The van der Waals surface area contributed by atoms with Gasteiger partial charge in [-0.15, -0.1) is 5.10 Å². The van der Waals surface area contributed by atoms with Crippen molar-refractivity contribution in [3.63, 3.8) is 0 Å². The minimum absolute atomic E-state index is 0.310. The van der Waals surface area contributed by atoms with Crippen LogP contribution in [0.4, 0.5) is 11.6 Å². The molecule has 170 valence electrons. The Labute approximate surface area is 210 Å². The van der Waals surface area contributed by atoms with Crippen molar-refractivity contribution in [1.29, 1.82) is 0 Å². The first-order valence-electron chi connectivity index (χ1n) is 10.3. The van der Waals surface area contributed by atoms with E-state index >= 15 is 0 Å². The molecule has 0 bridgehead atoms. The van der Waals surface area contributed by atoms with Crippen LogP contribution in [-0.2, 0) is 4.79 Å². The molecule has 3 heterocycles. The maximum Gasteiger partial charge on any atom is 0.255 e. The lowest BCUT2D eigenvalue weighted by Crippen LogP contribution is -2.31. The first-order chi connectivity index (χ1) is 16.4. The number of fused-ring (bicyclic) bond motifs is 1. The van der Waals surface area contributed by atoms with Crippen LogP contribution in [0.2, 0.25) is 15.1 Å². The smallest absolute Gasteiger partial charge is 0.255 e. The Hall–Kier alpha value is -3.39. The summed E-state index contributed by atoms with van der Waals surface area (Å²) in [6, 6.07) is 15.3. The average molecular weight is 512 g/mol. The van der Waals surface area contributed by atoms with Crippen LogP contribution in [0.3, 0.4) is 0 Å². The molecule has 2 aromatic carbocycles. The van der Waals surface area contributed by atoms with Gasteiger partial charge in [-0.25, -0.2) is 4.68 Å². The third kappa shape index (κ3) is 4.14. The summed E-state index contributed by atoms with van der Waals surface area (Å²) < 4.78 is 1.65. The highest BCUT2D eigenvalue weighted by Crippen LogP contribution is 2.40. The van der Waals surface area contributed by atoms with Gasteiger partial charge < -0.3 is 10.6 Å². The van der Waals surface area contributed by atoms with Crippen LogP contribution in [0.5, 0.6) is 0 Å². The minimum Gasteiger partial charge on any atom is -0.328 e. The molecule has 1 unspecified atom stereocenters. The van der Waals surface area contributed by atoms with Gasteiger partial charge in [-0.3, -0.25) is 9.78 Å². The standard InChI is InChI=1S/C24H17Cl3N6O/c1-13-20(23(34)30-15-5-4-10-28-12-15)21(16-6-2-3-7-18(16)26)33-24(29-13)31-22(32-33)17-9-8-14(25)11-19(17)27/h2-12,21H,1H3,(H,30,34)(H,29,31,32). The van der Waals surface area contributed by atoms with E-state index in [0.717, 1.165) is 0 Å². The number of nitrogens with zero attached hydrogens (tertiary/aromatic N) is 4. The van der Waals surface area contributed by atoms with Crippen LogP contribution in [0, 0.1) is 0 Å². The van der Waals surface area contributed by atoms with Crippen LogP contribution in [0.1, 0.15) is 18.5 Å². The third-order valence-electron chi connectivity index (χ3n) is 5.39. The van der Waals surface area contributed by atoms with E-state index < -0.39 is 6.04 Å². The van der Waals surface area contributed by atoms with Crippen molar-refractivity contribution in [2.75, 3.05) is 10.6 Å². The molecule has 2 N–H and O–H groups in total. The number of nitrogens with one attached hydrogen (secondary N) is 2. The summed E-state index contributed by atoms with van der Waals surface area (Å²) in [6.45, 7) is 1.81. The van der Waals surface area contributed by atoms with Crippen LogP contribution >= 0.6 is 34.8 Å². The Kier molecular flexibility index (Phi) is 6.00. The van der Waals surface area contributed by atoms with E-state index in [4.69, 9.17) is 39.9 Å². The van der Waals surface area contributed by atoms with Gasteiger partial charge in [0.2, 0.25) is 5.95 Å². The monoisotopic (exact) mass is 510 g/mol. The number of anilines is 2. The van der Waals surface area contributed by atoms with E-state index in [1.54, 1.807) is 53.5 Å². The molecule has 34 heavy (non-hydrogen) atoms. The predicted molar refractivity (Wildman–Crippen MR) is 134 cm³/mol. The van der Waals surface area contributed by atoms with E-state index in [2.05, 4.69) is 20.6 Å². The number of allylic oxidation sites excluding steroid dienone is 1. The van der Waals surface area contributed by atoms with Crippen LogP contribution in [0.15, 0.2) is 78.3 Å². The number of hydrogen-bond acceptors (Lipinski definition) is 5. The first-order valence-corrected chi connectivity index (χ1v) is 11.4. The number of hydrogen-bond donors (Lipinski definition) is 2. The number of aromatic nitrogens is 4. The van der Waals surface area contributed by atoms with Gasteiger partial charge in [-0.1, -0.05) is 53.0 Å². The van der Waals surface area contributed by atoms with Crippen molar-refractivity contribution in [1.82, 2.24) is 19.7 Å². The molecule has 1 amide bonds. The quantitative estimate of drug-likeness (QED) is 0.339. The van der Waals surface area contributed by atoms with Crippen LogP contribution in [-0.4, -0.2) is 25.7 Å². The molecule has 0 saturated carbocycles. The lowest BCUT2D eigenvalue weighted by Gasteiger charge is -2.29. The Balaban J connectivity index is 1.63. The van der Waals surface area contributed by atoms with E-state index in [-0.39, 0.29) is 5.91 Å². The minimum atomic E-state index is -0.631. The van der Waals surface area contributed by atoms with E-state index in [1.807, 2.05) is 25.1 Å². The second kappa shape index (κ2) is 9.10. The van der Waals surface area contributed by atoms with Crippen LogP contribution in [0.25, 0.3) is 11.4 Å². The van der Waals surface area contributed by atoms with E-state index in [1.165, 1.54) is 0 Å². The van der Waals surface area contributed by atoms with Crippen molar-refractivity contribution < 1.29 is 4.79 Å². The molecular weight excluding hydrogens is 495 g/mol. The maximum atomic E-state index is 13.5. The van der Waals surface area contributed by atoms with Crippen LogP contribution < -0.4 is 10.6 Å². The molecule has 0 fully saturated rings. The molecule has 7 nitrogen and oxygen atoms in total. The second-order valence-corrected chi connectivity index (χ2v) is 8.86. The summed E-state index contributed by atoms with van der Waals surface area (Å²) in [5.41, 5.74) is 2.97. The Morgan fingerprint density at radius 3 is 2.62 bits per heavy atom. The third-order valence-corrected chi connectivity index (χ3v) is 6.28. The predicted octanol–water partition coefficient (Wildman–Crippen LogP) is 6.23. The van der Waals surface area contributed by atoms with Crippen molar-refractivity contribution in [3.8, 4) is 11.4 Å². The molecule has 0 saturated heterocycles. The number of pyridine rings is 1. The zero-order chi connectivity index (χ0) is 23.8. The molecule has 10 heteroatoms. The maximum absolute atomic E-state index is 13.5. The molecule has 1 atom stereocenters. The van der Waals surface area contributed by atoms with Gasteiger partial charge in [0.05, 0.1) is 22.5 Å². The van der Waals surface area contributed by atoms with Gasteiger partial charge >= 0.3 is 0 Å². The van der Waals surface area contributed by atoms with Gasteiger partial charge in [-0.05, 0) is 43.3 Å². The Bertz CT molecular complexity index is 1430. The fourth-order valence-corrected chi connectivity index (χ4v) is 4.58. The van der Waals surface area contributed by atoms with Crippen molar-refractivity contribution in [2.45, 2.75) is 13.0 Å². The molecule has 0 radical (unpaired) electrons. The number of rotatable bonds is 4. The summed E-state index contributed by atoms with van der Waals surface area (Å²) in [5.74, 6) is 0.541. The highest BCUT2D eigenvalue weighted by Gasteiger charge is 2.35. The zero-order valence-electron chi connectivity index (χ0n) is 17.8. The SMILES string of the molecule is CC1=C(C(=O)Nc2cccnc2)C(c2ccccc2Cl)n2nc(-c3ccc(Cl)cc3Cl)nc2N1. The lowest BCUT2D eigenvalue weighted by molar-refractivity contribution is -0.113. The normalized spacial score (nSPS) is 15.0. The van der Waals surface area contributed by atoms with Gasteiger partial charge in [0.15, 0.2) is 5.82 Å². The molecule has 2 aromatic heterocycles. The second-order valence-electron chi connectivity index (χ2n) is 7.61. The number of amides is 1. The Morgan fingerprint density at radius 2 is 1.88 bits per heavy atom. The summed E-state index contributed by atoms with van der Waals surface area (Å²) in [7, 11) is 0.